The summed E-state index contributed by atoms with van der Waals surface area (Å²) >= 11 is 0. The molecule has 7 heteroatoms. The summed E-state index contributed by atoms with van der Waals surface area (Å²) in [6.07, 6.45) is 0.339. The van der Waals surface area contributed by atoms with E-state index in [1.54, 1.807) is 19.0 Å². The Kier molecular flexibility index (Phi) is 6.51. The van der Waals surface area contributed by atoms with Crippen LogP contribution in [0, 0.1) is 11.6 Å². The number of nitrogens with one attached hydrogen (secondary N) is 1. The molecule has 0 aliphatic carbocycles. The van der Waals surface area contributed by atoms with Crippen molar-refractivity contribution in [1.82, 2.24) is 15.1 Å². The van der Waals surface area contributed by atoms with Crippen molar-refractivity contribution in [3.63, 3.8) is 0 Å². The molecule has 2 atom stereocenters. The smallest absolute Gasteiger partial charge is 0.194 e. The normalized spacial score (nSPS) is 19.9. The number of likely N-dealkylation sites (N-methyl/N-ethyl adjacent to an activating group) is 1. The molecule has 0 saturated carbocycles. The van der Waals surface area contributed by atoms with Crippen molar-refractivity contribution in [2.24, 2.45) is 4.99 Å². The fourth-order valence-corrected chi connectivity index (χ4v) is 2.87. The summed E-state index contributed by atoms with van der Waals surface area (Å²) in [5.41, 5.74) is 0.0311. The van der Waals surface area contributed by atoms with Gasteiger partial charge < -0.3 is 20.2 Å². The second-order valence-corrected chi connectivity index (χ2v) is 6.20. The predicted molar refractivity (Wildman–Crippen MR) is 91.0 cm³/mol. The van der Waals surface area contributed by atoms with Crippen LogP contribution in [0.4, 0.5) is 8.78 Å². The Morgan fingerprint density at radius 3 is 2.58 bits per heavy atom. The summed E-state index contributed by atoms with van der Waals surface area (Å²) in [6, 6.07) is 3.38. The van der Waals surface area contributed by atoms with Crippen LogP contribution >= 0.6 is 0 Å². The largest absolute Gasteiger partial charge is 0.391 e. The highest BCUT2D eigenvalue weighted by atomic mass is 19.1. The number of hydrogen-bond acceptors (Lipinski definition) is 3. The molecular formula is C17H26F2N4O. The van der Waals surface area contributed by atoms with Gasteiger partial charge in [0, 0.05) is 25.2 Å². The first-order valence-corrected chi connectivity index (χ1v) is 8.25. The zero-order valence-electron chi connectivity index (χ0n) is 14.5. The lowest BCUT2D eigenvalue weighted by molar-refractivity contribution is 0.187. The number of likely N-dealkylation sites (tertiary alicyclic amines) is 1. The first-order chi connectivity index (χ1) is 11.4. The van der Waals surface area contributed by atoms with Crippen LogP contribution in [0.3, 0.4) is 0 Å². The molecule has 0 spiro atoms. The van der Waals surface area contributed by atoms with Crippen LogP contribution in [0.2, 0.25) is 0 Å². The average Bonchev–Trinajstić information content (AvgIpc) is 2.95. The molecule has 1 aliphatic heterocycles. The number of rotatable bonds is 5. The summed E-state index contributed by atoms with van der Waals surface area (Å²) in [7, 11) is 3.55. The van der Waals surface area contributed by atoms with E-state index < -0.39 is 17.7 Å². The molecule has 1 saturated heterocycles. The first kappa shape index (κ1) is 18.6. The van der Waals surface area contributed by atoms with Crippen LogP contribution in [0.15, 0.2) is 23.2 Å². The molecule has 0 amide bonds. The molecule has 1 unspecified atom stereocenters. The molecule has 1 aromatic carbocycles. The summed E-state index contributed by atoms with van der Waals surface area (Å²) in [4.78, 5) is 8.28. The van der Waals surface area contributed by atoms with Crippen LogP contribution in [0.1, 0.15) is 24.9 Å². The molecule has 0 aromatic heterocycles. The number of aliphatic hydroxyl groups is 1. The summed E-state index contributed by atoms with van der Waals surface area (Å²) in [6.45, 7) is 4.11. The van der Waals surface area contributed by atoms with Crippen molar-refractivity contribution in [3.8, 4) is 0 Å². The molecule has 1 aromatic rings. The summed E-state index contributed by atoms with van der Waals surface area (Å²) in [5.74, 6) is -0.464. The van der Waals surface area contributed by atoms with Crippen molar-refractivity contribution in [1.29, 1.82) is 0 Å². The minimum atomic E-state index is -0.564. The van der Waals surface area contributed by atoms with Crippen molar-refractivity contribution in [2.75, 3.05) is 40.3 Å². The molecular weight excluding hydrogens is 314 g/mol. The van der Waals surface area contributed by atoms with E-state index in [-0.39, 0.29) is 18.2 Å². The van der Waals surface area contributed by atoms with Gasteiger partial charge in [-0.3, -0.25) is 4.99 Å². The fourth-order valence-electron chi connectivity index (χ4n) is 2.87. The van der Waals surface area contributed by atoms with Gasteiger partial charge in [-0.15, -0.1) is 0 Å². The zero-order valence-corrected chi connectivity index (χ0v) is 14.5. The van der Waals surface area contributed by atoms with Gasteiger partial charge in [0.05, 0.1) is 18.7 Å². The molecule has 134 valence electrons. The Morgan fingerprint density at radius 2 is 2.08 bits per heavy atom. The van der Waals surface area contributed by atoms with Gasteiger partial charge >= 0.3 is 0 Å². The van der Waals surface area contributed by atoms with Gasteiger partial charge in [-0.1, -0.05) is 6.07 Å². The Bertz CT molecular complexity index is 559. The highest BCUT2D eigenvalue weighted by Crippen LogP contribution is 2.25. The average molecular weight is 340 g/mol. The van der Waals surface area contributed by atoms with Crippen molar-refractivity contribution in [3.05, 3.63) is 35.4 Å². The Hall–Kier alpha value is -1.73. The Labute approximate surface area is 142 Å². The standard InChI is InChI=1S/C17H26F2N4O/c1-4-20-17(23-9-8-12(24)11-23)21-10-15(22(2)3)16-13(18)6-5-7-14(16)19/h5-7,12,15,24H,4,8-11H2,1-3H3,(H,20,21)/t12-,15?/m1/s1. The number of nitrogens with zero attached hydrogens (tertiary/aromatic N) is 3. The summed E-state index contributed by atoms with van der Waals surface area (Å²) < 4.78 is 28.2. The maximum atomic E-state index is 14.1. The Morgan fingerprint density at radius 1 is 1.42 bits per heavy atom. The first-order valence-electron chi connectivity index (χ1n) is 8.25. The third-order valence-electron chi connectivity index (χ3n) is 4.17. The lowest BCUT2D eigenvalue weighted by Gasteiger charge is -2.26. The van der Waals surface area contributed by atoms with Crippen LogP contribution in [0.5, 0.6) is 0 Å². The van der Waals surface area contributed by atoms with Gasteiger partial charge in [-0.25, -0.2) is 8.78 Å². The number of halogens is 2. The highest BCUT2D eigenvalue weighted by molar-refractivity contribution is 5.80. The second kappa shape index (κ2) is 8.39. The van der Waals surface area contributed by atoms with Crippen LogP contribution in [-0.2, 0) is 0 Å². The maximum Gasteiger partial charge on any atom is 0.194 e. The van der Waals surface area contributed by atoms with E-state index in [9.17, 15) is 13.9 Å². The van der Waals surface area contributed by atoms with Gasteiger partial charge in [0.15, 0.2) is 5.96 Å². The van der Waals surface area contributed by atoms with E-state index in [1.807, 2.05) is 11.8 Å². The SMILES string of the molecule is CCNC(=NCC(c1c(F)cccc1F)N(C)C)N1CC[C@@H](O)C1. The lowest BCUT2D eigenvalue weighted by atomic mass is 10.0. The number of guanidine groups is 1. The van der Waals surface area contributed by atoms with Gasteiger partial charge in [0.2, 0.25) is 0 Å². The van der Waals surface area contributed by atoms with E-state index in [2.05, 4.69) is 10.3 Å². The van der Waals surface area contributed by atoms with Gasteiger partial charge in [0.25, 0.3) is 0 Å². The fraction of sp³-hybridized carbons (Fsp3) is 0.588. The van der Waals surface area contributed by atoms with Crippen molar-refractivity contribution in [2.45, 2.75) is 25.5 Å². The van der Waals surface area contributed by atoms with Crippen LogP contribution < -0.4 is 5.32 Å². The number of aliphatic imine (C=N–C) groups is 1. The van der Waals surface area contributed by atoms with Crippen LogP contribution in [-0.4, -0.2) is 67.2 Å². The van der Waals surface area contributed by atoms with E-state index >= 15 is 0 Å². The zero-order chi connectivity index (χ0) is 17.7. The van der Waals surface area contributed by atoms with Gasteiger partial charge in [-0.2, -0.15) is 0 Å². The van der Waals surface area contributed by atoms with E-state index in [1.165, 1.54) is 18.2 Å². The monoisotopic (exact) mass is 340 g/mol. The molecule has 0 bridgehead atoms. The molecule has 5 nitrogen and oxygen atoms in total. The molecule has 1 fully saturated rings. The number of benzene rings is 1. The second-order valence-electron chi connectivity index (χ2n) is 6.20. The number of hydrogen-bond donors (Lipinski definition) is 2. The van der Waals surface area contributed by atoms with E-state index in [0.29, 0.717) is 32.0 Å². The topological polar surface area (TPSA) is 51.1 Å². The molecule has 24 heavy (non-hydrogen) atoms. The maximum absolute atomic E-state index is 14.1. The number of β-amino-alcohol motifs (C(OH)–C–C–N with tert-alkyl or cyclic N) is 1. The van der Waals surface area contributed by atoms with Crippen LogP contribution in [0.25, 0.3) is 0 Å². The van der Waals surface area contributed by atoms with Gasteiger partial charge in [-0.05, 0) is 39.6 Å². The van der Waals surface area contributed by atoms with Gasteiger partial charge in [0.1, 0.15) is 11.6 Å². The molecule has 1 heterocycles. The lowest BCUT2D eigenvalue weighted by Crippen LogP contribution is -2.41. The predicted octanol–water partition coefficient (Wildman–Crippen LogP) is 1.60. The summed E-state index contributed by atoms with van der Waals surface area (Å²) in [5, 5.41) is 12.9. The van der Waals surface area contributed by atoms with Crippen molar-refractivity contribution >= 4 is 5.96 Å². The minimum Gasteiger partial charge on any atom is -0.391 e. The molecule has 2 N–H and O–H groups in total. The molecule has 1 aliphatic rings. The van der Waals surface area contributed by atoms with E-state index in [0.717, 1.165) is 0 Å². The van der Waals surface area contributed by atoms with Crippen molar-refractivity contribution < 1.29 is 13.9 Å². The molecule has 2 rings (SSSR count). The highest BCUT2D eigenvalue weighted by Gasteiger charge is 2.25. The number of aliphatic hydroxyl groups excluding tert-OH is 1. The van der Waals surface area contributed by atoms with E-state index in [4.69, 9.17) is 0 Å². The quantitative estimate of drug-likeness (QED) is 0.631. The third kappa shape index (κ3) is 4.42. The third-order valence-corrected chi connectivity index (χ3v) is 4.17. The minimum absolute atomic E-state index is 0.0311. The molecule has 0 radical (unpaired) electrons. The Balaban J connectivity index is 2.22.